The zero-order chi connectivity index (χ0) is 14.7. The molecule has 1 aliphatic rings. The second kappa shape index (κ2) is 6.04. The summed E-state index contributed by atoms with van der Waals surface area (Å²) in [4.78, 5) is 16.9. The number of alkyl halides is 3. The molecule has 0 bridgehead atoms. The fraction of sp³-hybridized carbons (Fsp3) is 0.545. The van der Waals surface area contributed by atoms with Gasteiger partial charge in [0.15, 0.2) is 0 Å². The van der Waals surface area contributed by atoms with Gasteiger partial charge in [-0.15, -0.1) is 0 Å². The number of aromatic nitrogens is 1. The Morgan fingerprint density at radius 3 is 2.45 bits per heavy atom. The molecule has 0 aliphatic carbocycles. The van der Waals surface area contributed by atoms with E-state index in [1.54, 1.807) is 4.90 Å². The standard InChI is InChI=1S/C11H13F3N4O2/c12-10(13)11(14)17-5-3-16(4-6-17)9-7-8(18(19)20)1-2-15-9/h1-2,7,10-11H,3-6H2. The van der Waals surface area contributed by atoms with Crippen molar-refractivity contribution in [1.29, 1.82) is 0 Å². The number of pyridine rings is 1. The van der Waals surface area contributed by atoms with E-state index < -0.39 is 17.6 Å². The Hall–Kier alpha value is -1.90. The summed E-state index contributed by atoms with van der Waals surface area (Å²) in [7, 11) is 0. The molecule has 1 atom stereocenters. The average molecular weight is 290 g/mol. The smallest absolute Gasteiger partial charge is 0.282 e. The predicted molar refractivity (Wildman–Crippen MR) is 65.6 cm³/mol. The molecule has 1 aliphatic heterocycles. The fourth-order valence-corrected chi connectivity index (χ4v) is 2.05. The van der Waals surface area contributed by atoms with Crippen molar-refractivity contribution in [3.63, 3.8) is 0 Å². The number of anilines is 1. The van der Waals surface area contributed by atoms with Gasteiger partial charge in [0.25, 0.3) is 12.1 Å². The molecule has 6 nitrogen and oxygen atoms in total. The Kier molecular flexibility index (Phi) is 4.38. The number of nitro groups is 1. The topological polar surface area (TPSA) is 62.5 Å². The molecular formula is C11H13F3N4O2. The quantitative estimate of drug-likeness (QED) is 0.479. The number of nitrogens with zero attached hydrogens (tertiary/aromatic N) is 4. The third kappa shape index (κ3) is 3.16. The maximum Gasteiger partial charge on any atom is 0.282 e. The molecule has 20 heavy (non-hydrogen) atoms. The van der Waals surface area contributed by atoms with Gasteiger partial charge in [0.1, 0.15) is 5.82 Å². The summed E-state index contributed by atoms with van der Waals surface area (Å²) in [5.41, 5.74) is -0.0895. The van der Waals surface area contributed by atoms with E-state index in [2.05, 4.69) is 4.98 Å². The van der Waals surface area contributed by atoms with Crippen molar-refractivity contribution in [3.8, 4) is 0 Å². The summed E-state index contributed by atoms with van der Waals surface area (Å²) in [5.74, 6) is 0.395. The van der Waals surface area contributed by atoms with E-state index in [-0.39, 0.29) is 18.8 Å². The molecule has 2 heterocycles. The third-order valence-corrected chi connectivity index (χ3v) is 3.13. The van der Waals surface area contributed by atoms with E-state index >= 15 is 0 Å². The number of halogens is 3. The van der Waals surface area contributed by atoms with E-state index in [1.807, 2.05) is 0 Å². The van der Waals surface area contributed by atoms with Gasteiger partial charge in [0, 0.05) is 38.4 Å². The lowest BCUT2D eigenvalue weighted by Crippen LogP contribution is -2.51. The molecule has 1 unspecified atom stereocenters. The van der Waals surface area contributed by atoms with Crippen molar-refractivity contribution in [3.05, 3.63) is 28.4 Å². The highest BCUT2D eigenvalue weighted by molar-refractivity contribution is 5.46. The van der Waals surface area contributed by atoms with E-state index in [0.29, 0.717) is 18.9 Å². The molecule has 0 saturated carbocycles. The molecule has 110 valence electrons. The molecule has 1 fully saturated rings. The minimum Gasteiger partial charge on any atom is -0.354 e. The normalized spacial score (nSPS) is 18.3. The summed E-state index contributed by atoms with van der Waals surface area (Å²) < 4.78 is 37.7. The van der Waals surface area contributed by atoms with Gasteiger partial charge in [-0.25, -0.2) is 18.2 Å². The van der Waals surface area contributed by atoms with Gasteiger partial charge in [0.05, 0.1) is 11.0 Å². The number of rotatable bonds is 4. The van der Waals surface area contributed by atoms with Crippen LogP contribution in [0, 0.1) is 10.1 Å². The maximum atomic E-state index is 13.2. The van der Waals surface area contributed by atoms with Crippen molar-refractivity contribution in [2.24, 2.45) is 0 Å². The average Bonchev–Trinajstić information content (AvgIpc) is 2.46. The molecule has 0 spiro atoms. The Morgan fingerprint density at radius 2 is 1.90 bits per heavy atom. The summed E-state index contributed by atoms with van der Waals surface area (Å²) >= 11 is 0. The third-order valence-electron chi connectivity index (χ3n) is 3.13. The van der Waals surface area contributed by atoms with Gasteiger partial charge >= 0.3 is 0 Å². The predicted octanol–water partition coefficient (Wildman–Crippen LogP) is 1.67. The Bertz CT molecular complexity index is 480. The minimum atomic E-state index is -3.03. The number of hydrogen-bond donors (Lipinski definition) is 0. The summed E-state index contributed by atoms with van der Waals surface area (Å²) in [5, 5.41) is 10.7. The van der Waals surface area contributed by atoms with Gasteiger partial charge in [-0.3, -0.25) is 15.0 Å². The first-order chi connectivity index (χ1) is 9.49. The van der Waals surface area contributed by atoms with Crippen LogP contribution in [0.1, 0.15) is 0 Å². The summed E-state index contributed by atoms with van der Waals surface area (Å²) in [6.07, 6.45) is -3.98. The van der Waals surface area contributed by atoms with Crippen molar-refractivity contribution in [2.45, 2.75) is 12.7 Å². The SMILES string of the molecule is O=[N+]([O-])c1ccnc(N2CCN(C(F)C(F)F)CC2)c1. The van der Waals surface area contributed by atoms with E-state index in [0.717, 1.165) is 4.90 Å². The zero-order valence-electron chi connectivity index (χ0n) is 10.5. The second-order valence-electron chi connectivity index (χ2n) is 4.36. The minimum absolute atomic E-state index is 0.0895. The molecular weight excluding hydrogens is 277 g/mol. The van der Waals surface area contributed by atoms with Crippen LogP contribution in [-0.4, -0.2) is 53.7 Å². The second-order valence-corrected chi connectivity index (χ2v) is 4.36. The lowest BCUT2D eigenvalue weighted by atomic mass is 10.3. The van der Waals surface area contributed by atoms with Crippen molar-refractivity contribution in [2.75, 3.05) is 31.1 Å². The van der Waals surface area contributed by atoms with Crippen LogP contribution in [0.3, 0.4) is 0 Å². The van der Waals surface area contributed by atoms with E-state index in [9.17, 15) is 23.3 Å². The molecule has 1 aromatic rings. The highest BCUT2D eigenvalue weighted by Crippen LogP contribution is 2.21. The maximum absolute atomic E-state index is 13.2. The van der Waals surface area contributed by atoms with Crippen LogP contribution in [0.25, 0.3) is 0 Å². The van der Waals surface area contributed by atoms with Crippen LogP contribution >= 0.6 is 0 Å². The Morgan fingerprint density at radius 1 is 1.25 bits per heavy atom. The van der Waals surface area contributed by atoms with Crippen LogP contribution in [0.15, 0.2) is 18.3 Å². The highest BCUT2D eigenvalue weighted by Gasteiger charge is 2.30. The van der Waals surface area contributed by atoms with Crippen LogP contribution in [0.2, 0.25) is 0 Å². The monoisotopic (exact) mass is 290 g/mol. The molecule has 0 radical (unpaired) electrons. The summed E-state index contributed by atoms with van der Waals surface area (Å²) in [6, 6.07) is 2.59. The van der Waals surface area contributed by atoms with Crippen LogP contribution < -0.4 is 4.90 Å². The van der Waals surface area contributed by atoms with Gasteiger partial charge in [0.2, 0.25) is 6.30 Å². The first-order valence-corrected chi connectivity index (χ1v) is 6.00. The van der Waals surface area contributed by atoms with Crippen LogP contribution in [0.4, 0.5) is 24.7 Å². The molecule has 0 amide bonds. The van der Waals surface area contributed by atoms with Crippen molar-refractivity contribution >= 4 is 11.5 Å². The molecule has 9 heteroatoms. The van der Waals surface area contributed by atoms with Gasteiger partial charge in [-0.2, -0.15) is 0 Å². The van der Waals surface area contributed by atoms with Crippen molar-refractivity contribution < 1.29 is 18.1 Å². The summed E-state index contributed by atoms with van der Waals surface area (Å²) in [6.45, 7) is 0.828. The molecule has 1 saturated heterocycles. The lowest BCUT2D eigenvalue weighted by molar-refractivity contribution is -0.384. The first kappa shape index (κ1) is 14.5. The molecule has 0 N–H and O–H groups in total. The lowest BCUT2D eigenvalue weighted by Gasteiger charge is -2.36. The van der Waals surface area contributed by atoms with Crippen LogP contribution in [0.5, 0.6) is 0 Å². The first-order valence-electron chi connectivity index (χ1n) is 6.00. The number of piperazine rings is 1. The highest BCUT2D eigenvalue weighted by atomic mass is 19.3. The van der Waals surface area contributed by atoms with Gasteiger partial charge in [-0.05, 0) is 0 Å². The Balaban J connectivity index is 2.00. The van der Waals surface area contributed by atoms with Gasteiger partial charge in [-0.1, -0.05) is 0 Å². The Labute approximate surface area is 113 Å². The molecule has 2 rings (SSSR count). The van der Waals surface area contributed by atoms with E-state index in [4.69, 9.17) is 0 Å². The van der Waals surface area contributed by atoms with Gasteiger partial charge < -0.3 is 4.90 Å². The van der Waals surface area contributed by atoms with Crippen molar-refractivity contribution in [1.82, 2.24) is 9.88 Å². The fourth-order valence-electron chi connectivity index (χ4n) is 2.05. The molecule has 0 aromatic carbocycles. The van der Waals surface area contributed by atoms with Crippen LogP contribution in [-0.2, 0) is 0 Å². The largest absolute Gasteiger partial charge is 0.354 e. The zero-order valence-corrected chi connectivity index (χ0v) is 10.5. The number of hydrogen-bond acceptors (Lipinski definition) is 5. The van der Waals surface area contributed by atoms with E-state index in [1.165, 1.54) is 18.3 Å². The molecule has 1 aromatic heterocycles.